The second-order valence-electron chi connectivity index (χ2n) is 5.20. The zero-order valence-corrected chi connectivity index (χ0v) is 12.0. The van der Waals surface area contributed by atoms with Crippen LogP contribution in [-0.4, -0.2) is 20.5 Å². The van der Waals surface area contributed by atoms with Crippen LogP contribution in [-0.2, 0) is 16.2 Å². The van der Waals surface area contributed by atoms with Crippen molar-refractivity contribution in [3.05, 3.63) is 29.8 Å². The number of benzene rings is 1. The summed E-state index contributed by atoms with van der Waals surface area (Å²) in [5.74, 6) is 0. The molecule has 1 aliphatic carbocycles. The highest BCUT2D eigenvalue weighted by molar-refractivity contribution is 7.89. The van der Waals surface area contributed by atoms with E-state index in [9.17, 15) is 21.6 Å². The Hall–Kier alpha value is -1.12. The summed E-state index contributed by atoms with van der Waals surface area (Å²) in [6, 6.07) is 2.96. The molecule has 8 heteroatoms. The molecule has 1 fully saturated rings. The molecule has 2 rings (SSSR count). The summed E-state index contributed by atoms with van der Waals surface area (Å²) in [6.45, 7) is 0. The molecule has 21 heavy (non-hydrogen) atoms. The Kier molecular flexibility index (Phi) is 4.60. The zero-order chi connectivity index (χ0) is 15.7. The molecule has 1 aromatic rings. The van der Waals surface area contributed by atoms with Crippen LogP contribution < -0.4 is 10.5 Å². The van der Waals surface area contributed by atoms with Crippen LogP contribution in [0.2, 0.25) is 0 Å². The third-order valence-corrected chi connectivity index (χ3v) is 5.09. The van der Waals surface area contributed by atoms with Gasteiger partial charge in [0.25, 0.3) is 0 Å². The van der Waals surface area contributed by atoms with E-state index in [1.165, 1.54) is 0 Å². The quantitative estimate of drug-likeness (QED) is 0.896. The summed E-state index contributed by atoms with van der Waals surface area (Å²) < 4.78 is 64.7. The van der Waals surface area contributed by atoms with Gasteiger partial charge >= 0.3 is 6.18 Å². The van der Waals surface area contributed by atoms with Crippen molar-refractivity contribution in [1.82, 2.24) is 4.72 Å². The molecule has 0 aromatic heterocycles. The number of nitrogens with two attached hydrogens (primary N) is 1. The number of hydrogen-bond acceptors (Lipinski definition) is 3. The van der Waals surface area contributed by atoms with Crippen molar-refractivity contribution < 1.29 is 21.6 Å². The molecular weight excluding hydrogens is 305 g/mol. The molecule has 1 saturated carbocycles. The number of alkyl halides is 3. The lowest BCUT2D eigenvalue weighted by atomic mass is 9.92. The summed E-state index contributed by atoms with van der Waals surface area (Å²) in [5, 5.41) is 0. The number of hydrogen-bond donors (Lipinski definition) is 2. The third kappa shape index (κ3) is 3.96. The molecular formula is C13H17F3N2O2S. The molecule has 0 bridgehead atoms. The number of rotatable bonds is 3. The summed E-state index contributed by atoms with van der Waals surface area (Å²) >= 11 is 0. The Bertz CT molecular complexity index is 602. The third-order valence-electron chi connectivity index (χ3n) is 3.60. The topological polar surface area (TPSA) is 72.2 Å². The molecule has 118 valence electrons. The van der Waals surface area contributed by atoms with Gasteiger partial charge in [-0.2, -0.15) is 13.2 Å². The minimum Gasteiger partial charge on any atom is -0.326 e. The molecule has 0 saturated heterocycles. The zero-order valence-electron chi connectivity index (χ0n) is 11.2. The maximum atomic E-state index is 12.6. The van der Waals surface area contributed by atoms with Gasteiger partial charge in [-0.1, -0.05) is 18.9 Å². The van der Waals surface area contributed by atoms with Gasteiger partial charge in [0.15, 0.2) is 0 Å². The molecule has 0 spiro atoms. The van der Waals surface area contributed by atoms with Crippen LogP contribution in [0.25, 0.3) is 0 Å². The van der Waals surface area contributed by atoms with E-state index in [-0.39, 0.29) is 6.04 Å². The van der Waals surface area contributed by atoms with E-state index in [2.05, 4.69) is 4.72 Å². The SMILES string of the molecule is N[C@@H]1CCCC[C@H]1NS(=O)(=O)c1cccc(C(F)(F)F)c1. The molecule has 2 atom stereocenters. The van der Waals surface area contributed by atoms with Crippen molar-refractivity contribution in [3.8, 4) is 0 Å². The van der Waals surface area contributed by atoms with Gasteiger partial charge in [0.1, 0.15) is 0 Å². The average molecular weight is 322 g/mol. The number of sulfonamides is 1. The predicted octanol–water partition coefficient (Wildman–Crippen LogP) is 2.25. The Morgan fingerprint density at radius 1 is 1.19 bits per heavy atom. The van der Waals surface area contributed by atoms with Gasteiger partial charge in [0.05, 0.1) is 10.5 Å². The Balaban J connectivity index is 2.23. The van der Waals surface area contributed by atoms with E-state index in [0.717, 1.165) is 31.0 Å². The summed E-state index contributed by atoms with van der Waals surface area (Å²) in [5.41, 5.74) is 4.87. The average Bonchev–Trinajstić information content (AvgIpc) is 2.40. The molecule has 3 N–H and O–H groups in total. The van der Waals surface area contributed by atoms with Crippen LogP contribution in [0.5, 0.6) is 0 Å². The van der Waals surface area contributed by atoms with Gasteiger partial charge < -0.3 is 5.73 Å². The molecule has 1 aliphatic rings. The predicted molar refractivity (Wildman–Crippen MR) is 72.0 cm³/mol. The van der Waals surface area contributed by atoms with Crippen LogP contribution in [0.3, 0.4) is 0 Å². The van der Waals surface area contributed by atoms with Crippen molar-refractivity contribution >= 4 is 10.0 Å². The molecule has 0 unspecified atom stereocenters. The van der Waals surface area contributed by atoms with E-state index < -0.39 is 32.7 Å². The van der Waals surface area contributed by atoms with Crippen LogP contribution in [0, 0.1) is 0 Å². The number of nitrogens with one attached hydrogen (secondary N) is 1. The molecule has 0 heterocycles. The van der Waals surface area contributed by atoms with Crippen LogP contribution in [0.1, 0.15) is 31.2 Å². The van der Waals surface area contributed by atoms with Gasteiger partial charge in [-0.05, 0) is 31.0 Å². The second kappa shape index (κ2) is 5.94. The van der Waals surface area contributed by atoms with E-state index in [4.69, 9.17) is 5.73 Å². The van der Waals surface area contributed by atoms with Gasteiger partial charge in [0.2, 0.25) is 10.0 Å². The van der Waals surface area contributed by atoms with Crippen LogP contribution in [0.15, 0.2) is 29.2 Å². The lowest BCUT2D eigenvalue weighted by molar-refractivity contribution is -0.137. The van der Waals surface area contributed by atoms with Crippen molar-refractivity contribution in [2.45, 2.75) is 48.8 Å². The first kappa shape index (κ1) is 16.3. The second-order valence-corrected chi connectivity index (χ2v) is 6.92. The maximum absolute atomic E-state index is 12.6. The lowest BCUT2D eigenvalue weighted by Gasteiger charge is -2.29. The van der Waals surface area contributed by atoms with Crippen molar-refractivity contribution in [2.24, 2.45) is 5.73 Å². The Morgan fingerprint density at radius 3 is 2.48 bits per heavy atom. The largest absolute Gasteiger partial charge is 0.416 e. The van der Waals surface area contributed by atoms with Crippen molar-refractivity contribution in [2.75, 3.05) is 0 Å². The summed E-state index contributed by atoms with van der Waals surface area (Å²) in [4.78, 5) is -0.393. The molecule has 0 amide bonds. The van der Waals surface area contributed by atoms with Crippen LogP contribution in [0.4, 0.5) is 13.2 Å². The van der Waals surface area contributed by atoms with Crippen molar-refractivity contribution in [3.63, 3.8) is 0 Å². The lowest BCUT2D eigenvalue weighted by Crippen LogP contribution is -2.49. The van der Waals surface area contributed by atoms with Gasteiger partial charge in [-0.3, -0.25) is 0 Å². The van der Waals surface area contributed by atoms with Gasteiger partial charge in [-0.15, -0.1) is 0 Å². The standard InChI is InChI=1S/C13H17F3N2O2S/c14-13(15,16)9-4-3-5-10(8-9)21(19,20)18-12-7-2-1-6-11(12)17/h3-5,8,11-12,18H,1-2,6-7,17H2/t11-,12-/m1/s1. The maximum Gasteiger partial charge on any atom is 0.416 e. The normalized spacial score (nSPS) is 24.0. The van der Waals surface area contributed by atoms with E-state index in [1.54, 1.807) is 0 Å². The molecule has 0 aliphatic heterocycles. The van der Waals surface area contributed by atoms with Gasteiger partial charge in [0, 0.05) is 12.1 Å². The fourth-order valence-electron chi connectivity index (χ4n) is 2.41. The highest BCUT2D eigenvalue weighted by Gasteiger charge is 2.32. The summed E-state index contributed by atoms with van der Waals surface area (Å²) in [7, 11) is -4.01. The molecule has 4 nitrogen and oxygen atoms in total. The monoisotopic (exact) mass is 322 g/mol. The molecule has 1 aromatic carbocycles. The first-order chi connectivity index (χ1) is 9.70. The van der Waals surface area contributed by atoms with E-state index in [1.807, 2.05) is 0 Å². The van der Waals surface area contributed by atoms with E-state index >= 15 is 0 Å². The summed E-state index contributed by atoms with van der Waals surface area (Å²) in [6.07, 6.45) is -1.49. The van der Waals surface area contributed by atoms with Crippen LogP contribution >= 0.6 is 0 Å². The van der Waals surface area contributed by atoms with Gasteiger partial charge in [-0.25, -0.2) is 13.1 Å². The molecule has 0 radical (unpaired) electrons. The first-order valence-corrected chi connectivity index (χ1v) is 8.13. The first-order valence-electron chi connectivity index (χ1n) is 6.65. The number of halogens is 3. The fraction of sp³-hybridized carbons (Fsp3) is 0.538. The smallest absolute Gasteiger partial charge is 0.326 e. The minimum atomic E-state index is -4.58. The van der Waals surface area contributed by atoms with Crippen molar-refractivity contribution in [1.29, 1.82) is 0 Å². The fourth-order valence-corrected chi connectivity index (χ4v) is 3.78. The van der Waals surface area contributed by atoms with E-state index in [0.29, 0.717) is 18.9 Å². The Labute approximate surface area is 121 Å². The highest BCUT2D eigenvalue weighted by atomic mass is 32.2. The minimum absolute atomic E-state index is 0.306. The Morgan fingerprint density at radius 2 is 1.86 bits per heavy atom. The highest BCUT2D eigenvalue weighted by Crippen LogP contribution is 2.30.